The van der Waals surface area contributed by atoms with Crippen molar-refractivity contribution in [1.82, 2.24) is 14.5 Å². The largest absolute Gasteiger partial charge is 0.321 e. The third-order valence-electron chi connectivity index (χ3n) is 4.34. The van der Waals surface area contributed by atoms with Gasteiger partial charge in [0.1, 0.15) is 5.82 Å². The van der Waals surface area contributed by atoms with E-state index in [2.05, 4.69) is 16.4 Å². The number of benzene rings is 1. The van der Waals surface area contributed by atoms with Crippen molar-refractivity contribution in [2.24, 2.45) is 0 Å². The minimum Gasteiger partial charge on any atom is -0.321 e. The lowest BCUT2D eigenvalue weighted by Gasteiger charge is -2.34. The van der Waals surface area contributed by atoms with Gasteiger partial charge in [-0.1, -0.05) is 24.6 Å². The molecule has 2 heterocycles. The number of para-hydroxylation sites is 1. The number of nitrogens with zero attached hydrogens (tertiary/aromatic N) is 3. The summed E-state index contributed by atoms with van der Waals surface area (Å²) in [6.45, 7) is 7.51. The third-order valence-corrected chi connectivity index (χ3v) is 4.84. The Labute approximate surface area is 135 Å². The fraction of sp³-hybridized carbons (Fsp3) is 0.562. The van der Waals surface area contributed by atoms with Crippen LogP contribution in [0.15, 0.2) is 18.2 Å². The summed E-state index contributed by atoms with van der Waals surface area (Å²) < 4.78 is 2.29. The zero-order valence-corrected chi connectivity index (χ0v) is 14.0. The summed E-state index contributed by atoms with van der Waals surface area (Å²) in [6, 6.07) is 6.30. The second-order valence-corrected chi connectivity index (χ2v) is 6.81. The van der Waals surface area contributed by atoms with E-state index in [1.807, 2.05) is 25.1 Å². The van der Waals surface area contributed by atoms with Crippen molar-refractivity contribution in [3.05, 3.63) is 29.0 Å². The molecule has 2 unspecified atom stereocenters. The van der Waals surface area contributed by atoms with Gasteiger partial charge >= 0.3 is 0 Å². The standard InChI is InChI=1S/C16H21Cl2N3/c1-3-20-9-5-6-12(10-20)21-15-13(18)7-4-8-14(15)19-16(21)11(2)17/h4,7-8,11-12H,3,5-6,9-10H2,1-2H3. The molecule has 114 valence electrons. The molecule has 0 saturated carbocycles. The van der Waals surface area contributed by atoms with E-state index in [1.165, 1.54) is 13.0 Å². The second-order valence-electron chi connectivity index (χ2n) is 5.75. The van der Waals surface area contributed by atoms with Crippen molar-refractivity contribution >= 4 is 34.2 Å². The Morgan fingerprint density at radius 3 is 2.95 bits per heavy atom. The van der Waals surface area contributed by atoms with Crippen molar-refractivity contribution in [2.75, 3.05) is 19.6 Å². The maximum atomic E-state index is 6.45. The Hall–Kier alpha value is -0.770. The van der Waals surface area contributed by atoms with Crippen LogP contribution in [0.5, 0.6) is 0 Å². The molecule has 1 saturated heterocycles. The molecule has 0 spiro atoms. The number of imidazole rings is 1. The van der Waals surface area contributed by atoms with Gasteiger partial charge < -0.3 is 9.47 Å². The van der Waals surface area contributed by atoms with E-state index in [9.17, 15) is 0 Å². The van der Waals surface area contributed by atoms with Gasteiger partial charge in [-0.25, -0.2) is 4.98 Å². The Morgan fingerprint density at radius 2 is 2.24 bits per heavy atom. The Balaban J connectivity index is 2.12. The van der Waals surface area contributed by atoms with Gasteiger partial charge in [0.15, 0.2) is 0 Å². The topological polar surface area (TPSA) is 21.1 Å². The van der Waals surface area contributed by atoms with Crippen molar-refractivity contribution in [1.29, 1.82) is 0 Å². The molecule has 21 heavy (non-hydrogen) atoms. The van der Waals surface area contributed by atoms with E-state index in [4.69, 9.17) is 28.2 Å². The number of fused-ring (bicyclic) bond motifs is 1. The predicted octanol–water partition coefficient (Wildman–Crippen LogP) is 4.65. The molecule has 2 aromatic rings. The normalized spacial score (nSPS) is 21.8. The third kappa shape index (κ3) is 2.79. The maximum Gasteiger partial charge on any atom is 0.128 e. The highest BCUT2D eigenvalue weighted by molar-refractivity contribution is 6.35. The van der Waals surface area contributed by atoms with Gasteiger partial charge in [0.25, 0.3) is 0 Å². The van der Waals surface area contributed by atoms with Gasteiger partial charge in [-0.3, -0.25) is 0 Å². The summed E-state index contributed by atoms with van der Waals surface area (Å²) >= 11 is 12.8. The number of piperidine rings is 1. The van der Waals surface area contributed by atoms with E-state index in [-0.39, 0.29) is 5.38 Å². The van der Waals surface area contributed by atoms with Crippen LogP contribution in [0, 0.1) is 0 Å². The summed E-state index contributed by atoms with van der Waals surface area (Å²) in [6.07, 6.45) is 2.36. The van der Waals surface area contributed by atoms with Crippen LogP contribution in [-0.2, 0) is 0 Å². The van der Waals surface area contributed by atoms with Gasteiger partial charge in [0, 0.05) is 12.6 Å². The van der Waals surface area contributed by atoms with Crippen LogP contribution < -0.4 is 0 Å². The fourth-order valence-corrected chi connectivity index (χ4v) is 3.72. The Bertz CT molecular complexity index is 636. The average Bonchev–Trinajstić information content (AvgIpc) is 2.88. The monoisotopic (exact) mass is 325 g/mol. The highest BCUT2D eigenvalue weighted by Crippen LogP contribution is 2.35. The van der Waals surface area contributed by atoms with E-state index >= 15 is 0 Å². The van der Waals surface area contributed by atoms with Gasteiger partial charge in [-0.2, -0.15) is 0 Å². The smallest absolute Gasteiger partial charge is 0.128 e. The first-order valence-corrected chi connectivity index (χ1v) is 8.46. The van der Waals surface area contributed by atoms with Crippen LogP contribution in [0.1, 0.15) is 43.9 Å². The van der Waals surface area contributed by atoms with Crippen LogP contribution in [0.4, 0.5) is 0 Å². The summed E-state index contributed by atoms with van der Waals surface area (Å²) in [5.41, 5.74) is 1.98. The van der Waals surface area contributed by atoms with Crippen LogP contribution in [-0.4, -0.2) is 34.1 Å². The van der Waals surface area contributed by atoms with Gasteiger partial charge in [0.05, 0.1) is 21.4 Å². The van der Waals surface area contributed by atoms with Crippen LogP contribution >= 0.6 is 23.2 Å². The van der Waals surface area contributed by atoms with Crippen LogP contribution in [0.2, 0.25) is 5.02 Å². The number of halogens is 2. The van der Waals surface area contributed by atoms with Gasteiger partial charge in [-0.05, 0) is 45.0 Å². The molecule has 1 aliphatic rings. The minimum absolute atomic E-state index is 0.120. The number of aromatic nitrogens is 2. The Kier molecular flexibility index (Phi) is 4.43. The number of rotatable bonds is 3. The van der Waals surface area contributed by atoms with Crippen molar-refractivity contribution in [3.63, 3.8) is 0 Å². The van der Waals surface area contributed by atoms with Crippen molar-refractivity contribution < 1.29 is 0 Å². The molecular weight excluding hydrogens is 305 g/mol. The number of likely N-dealkylation sites (N-methyl/N-ethyl adjacent to an activating group) is 1. The lowest BCUT2D eigenvalue weighted by molar-refractivity contribution is 0.185. The molecule has 0 bridgehead atoms. The first kappa shape index (κ1) is 15.1. The quantitative estimate of drug-likeness (QED) is 0.766. The van der Waals surface area contributed by atoms with E-state index < -0.39 is 0 Å². The summed E-state index contributed by atoms with van der Waals surface area (Å²) in [5, 5.41) is 0.641. The molecule has 3 nitrogen and oxygen atoms in total. The summed E-state index contributed by atoms with van der Waals surface area (Å²) in [7, 11) is 0. The fourth-order valence-electron chi connectivity index (χ4n) is 3.30. The lowest BCUT2D eigenvalue weighted by atomic mass is 10.0. The second kappa shape index (κ2) is 6.15. The zero-order valence-electron chi connectivity index (χ0n) is 12.5. The summed E-state index contributed by atoms with van der Waals surface area (Å²) in [4.78, 5) is 7.21. The van der Waals surface area contributed by atoms with Gasteiger partial charge in [-0.15, -0.1) is 11.6 Å². The zero-order chi connectivity index (χ0) is 15.0. The van der Waals surface area contributed by atoms with Gasteiger partial charge in [0.2, 0.25) is 0 Å². The predicted molar refractivity (Wildman–Crippen MR) is 89.4 cm³/mol. The first-order chi connectivity index (χ1) is 10.1. The van der Waals surface area contributed by atoms with E-state index in [0.29, 0.717) is 6.04 Å². The highest BCUT2D eigenvalue weighted by atomic mass is 35.5. The number of alkyl halides is 1. The van der Waals surface area contributed by atoms with E-state index in [1.54, 1.807) is 0 Å². The minimum atomic E-state index is -0.120. The average molecular weight is 326 g/mol. The Morgan fingerprint density at radius 1 is 1.43 bits per heavy atom. The molecule has 0 radical (unpaired) electrons. The molecule has 1 aromatic carbocycles. The van der Waals surface area contributed by atoms with Crippen molar-refractivity contribution in [2.45, 2.75) is 38.1 Å². The number of hydrogen-bond acceptors (Lipinski definition) is 2. The van der Waals surface area contributed by atoms with Crippen LogP contribution in [0.25, 0.3) is 11.0 Å². The number of likely N-dealkylation sites (tertiary alicyclic amines) is 1. The molecule has 1 aliphatic heterocycles. The van der Waals surface area contributed by atoms with E-state index in [0.717, 1.165) is 41.4 Å². The first-order valence-electron chi connectivity index (χ1n) is 7.64. The molecule has 0 amide bonds. The molecule has 3 rings (SSSR count). The number of hydrogen-bond donors (Lipinski definition) is 0. The molecule has 1 aromatic heterocycles. The molecular formula is C16H21Cl2N3. The maximum absolute atomic E-state index is 6.45. The van der Waals surface area contributed by atoms with Crippen LogP contribution in [0.3, 0.4) is 0 Å². The molecule has 2 atom stereocenters. The molecule has 0 N–H and O–H groups in total. The van der Waals surface area contributed by atoms with Crippen molar-refractivity contribution in [3.8, 4) is 0 Å². The molecule has 1 fully saturated rings. The molecule has 5 heteroatoms. The highest BCUT2D eigenvalue weighted by Gasteiger charge is 2.26. The lowest BCUT2D eigenvalue weighted by Crippen LogP contribution is -2.36. The summed E-state index contributed by atoms with van der Waals surface area (Å²) in [5.74, 6) is 0.933. The SMILES string of the molecule is CCN1CCCC(n2c(C(C)Cl)nc3cccc(Cl)c32)C1. The molecule has 0 aliphatic carbocycles.